The van der Waals surface area contributed by atoms with Gasteiger partial charge >= 0.3 is 0 Å². The SMILES string of the molecule is COc1cnc(Cl)cc1-c1cc(C)ncc1C(=O)Nc1nc2ncc(C3=CCC4(CC3)OCCO4)nc2s1. The number of nitrogens with one attached hydrogen (secondary N) is 1. The van der Waals surface area contributed by atoms with Gasteiger partial charge in [0.05, 0.1) is 44.0 Å². The highest BCUT2D eigenvalue weighted by Gasteiger charge is 2.38. The standard InChI is InChI=1S/C26H23ClN6O4S/c1-14-9-16(17-10-21(27)29-13-20(17)35-2)18(11-28-14)23(34)33-25-32-22-24(38-25)31-19(12-30-22)15-3-5-26(6-4-15)36-7-8-37-26/h3,9-13H,4-8H2,1-2H3,(H,30,32,33,34). The van der Waals surface area contributed by atoms with Crippen molar-refractivity contribution in [3.8, 4) is 16.9 Å². The van der Waals surface area contributed by atoms with Gasteiger partial charge in [0.2, 0.25) is 0 Å². The van der Waals surface area contributed by atoms with Crippen LogP contribution in [-0.2, 0) is 9.47 Å². The Bertz CT molecular complexity index is 1580. The lowest BCUT2D eigenvalue weighted by atomic mass is 9.92. The fraction of sp³-hybridized carbons (Fsp3) is 0.308. The van der Waals surface area contributed by atoms with Crippen LogP contribution in [0.2, 0.25) is 5.15 Å². The maximum atomic E-state index is 13.4. The fourth-order valence-electron chi connectivity index (χ4n) is 4.65. The highest BCUT2D eigenvalue weighted by Crippen LogP contribution is 2.38. The van der Waals surface area contributed by atoms with Gasteiger partial charge < -0.3 is 14.2 Å². The number of aryl methyl sites for hydroxylation is 1. The largest absolute Gasteiger partial charge is 0.494 e. The summed E-state index contributed by atoms with van der Waals surface area (Å²) in [7, 11) is 1.54. The van der Waals surface area contributed by atoms with Crippen molar-refractivity contribution in [1.29, 1.82) is 0 Å². The first kappa shape index (κ1) is 24.8. The number of ether oxygens (including phenoxy) is 3. The Kier molecular flexibility index (Phi) is 6.52. The summed E-state index contributed by atoms with van der Waals surface area (Å²) in [5, 5.41) is 3.54. The maximum absolute atomic E-state index is 13.4. The highest BCUT2D eigenvalue weighted by atomic mass is 35.5. The number of methoxy groups -OCH3 is 1. The third-order valence-electron chi connectivity index (χ3n) is 6.55. The van der Waals surface area contributed by atoms with Gasteiger partial charge in [0, 0.05) is 35.9 Å². The second-order valence-electron chi connectivity index (χ2n) is 8.98. The van der Waals surface area contributed by atoms with Crippen LogP contribution in [0.4, 0.5) is 5.13 Å². The molecule has 5 heterocycles. The number of amides is 1. The molecule has 0 unspecified atom stereocenters. The lowest BCUT2D eigenvalue weighted by Crippen LogP contribution is -2.31. The second kappa shape index (κ2) is 9.99. The van der Waals surface area contributed by atoms with Gasteiger partial charge in [-0.3, -0.25) is 15.1 Å². The topological polar surface area (TPSA) is 121 Å². The molecule has 10 nitrogen and oxygen atoms in total. The average molecular weight is 551 g/mol. The summed E-state index contributed by atoms with van der Waals surface area (Å²) < 4.78 is 17.1. The van der Waals surface area contributed by atoms with E-state index in [1.54, 1.807) is 18.3 Å². The molecule has 1 saturated heterocycles. The molecule has 4 aromatic heterocycles. The van der Waals surface area contributed by atoms with Gasteiger partial charge in [-0.05, 0) is 31.1 Å². The number of anilines is 1. The Morgan fingerprint density at radius 1 is 1.11 bits per heavy atom. The van der Waals surface area contributed by atoms with Gasteiger partial charge in [0.1, 0.15) is 10.9 Å². The van der Waals surface area contributed by atoms with Crippen LogP contribution in [0.5, 0.6) is 5.75 Å². The Balaban J connectivity index is 1.26. The third kappa shape index (κ3) is 4.73. The maximum Gasteiger partial charge on any atom is 0.259 e. The fourth-order valence-corrected chi connectivity index (χ4v) is 5.60. The van der Waals surface area contributed by atoms with Gasteiger partial charge in [0.25, 0.3) is 5.91 Å². The van der Waals surface area contributed by atoms with Crippen molar-refractivity contribution < 1.29 is 19.0 Å². The van der Waals surface area contributed by atoms with Crippen molar-refractivity contribution in [3.05, 3.63) is 58.9 Å². The van der Waals surface area contributed by atoms with Gasteiger partial charge in [-0.15, -0.1) is 0 Å². The number of hydrogen-bond acceptors (Lipinski definition) is 10. The molecule has 1 aliphatic heterocycles. The molecule has 1 aliphatic carbocycles. The Hall–Kier alpha value is -3.51. The number of thiazole rings is 1. The van der Waals surface area contributed by atoms with Crippen LogP contribution in [0.15, 0.2) is 36.8 Å². The van der Waals surface area contributed by atoms with Gasteiger partial charge in [-0.25, -0.2) is 15.0 Å². The third-order valence-corrected chi connectivity index (χ3v) is 7.61. The first-order chi connectivity index (χ1) is 18.4. The molecule has 194 valence electrons. The van der Waals surface area contributed by atoms with E-state index in [-0.39, 0.29) is 11.1 Å². The number of hydrogen-bond donors (Lipinski definition) is 1. The molecule has 0 bridgehead atoms. The number of rotatable bonds is 5. The molecule has 0 atom stereocenters. The van der Waals surface area contributed by atoms with E-state index >= 15 is 0 Å². The number of halogens is 1. The summed E-state index contributed by atoms with van der Waals surface area (Å²) in [4.78, 5) is 36.1. The van der Waals surface area contributed by atoms with Gasteiger partial charge in [-0.2, -0.15) is 4.98 Å². The van der Waals surface area contributed by atoms with Gasteiger partial charge in [-0.1, -0.05) is 29.0 Å². The van der Waals surface area contributed by atoms with E-state index in [1.807, 2.05) is 6.92 Å². The lowest BCUT2D eigenvalue weighted by Gasteiger charge is -2.30. The minimum Gasteiger partial charge on any atom is -0.494 e. The van der Waals surface area contributed by atoms with E-state index in [0.717, 1.165) is 29.8 Å². The number of allylic oxidation sites excluding steroid dienone is 1. The number of carbonyl (C=O) groups is 1. The number of nitrogens with zero attached hydrogens (tertiary/aromatic N) is 5. The molecule has 2 aliphatic rings. The molecule has 0 saturated carbocycles. The molecule has 38 heavy (non-hydrogen) atoms. The summed E-state index contributed by atoms with van der Waals surface area (Å²) >= 11 is 7.41. The summed E-state index contributed by atoms with van der Waals surface area (Å²) in [6.07, 6.45) is 9.13. The highest BCUT2D eigenvalue weighted by molar-refractivity contribution is 7.21. The number of fused-ring (bicyclic) bond motifs is 1. The molecule has 0 aromatic carbocycles. The van der Waals surface area contributed by atoms with Crippen LogP contribution >= 0.6 is 22.9 Å². The summed E-state index contributed by atoms with van der Waals surface area (Å²) in [6, 6.07) is 3.46. The molecular weight excluding hydrogens is 528 g/mol. The lowest BCUT2D eigenvalue weighted by molar-refractivity contribution is -0.159. The summed E-state index contributed by atoms with van der Waals surface area (Å²) in [5.41, 5.74) is 4.69. The average Bonchev–Trinajstić information content (AvgIpc) is 3.55. The minimum absolute atomic E-state index is 0.285. The Morgan fingerprint density at radius 3 is 2.71 bits per heavy atom. The van der Waals surface area contributed by atoms with Crippen LogP contribution in [0, 0.1) is 6.92 Å². The predicted octanol–water partition coefficient (Wildman–Crippen LogP) is 5.08. The summed E-state index contributed by atoms with van der Waals surface area (Å²) in [5.74, 6) is -0.374. The number of aromatic nitrogens is 5. The van der Waals surface area contributed by atoms with E-state index in [0.29, 0.717) is 57.7 Å². The Labute approximate surface area is 227 Å². The zero-order valence-corrected chi connectivity index (χ0v) is 22.2. The monoisotopic (exact) mass is 550 g/mol. The van der Waals surface area contributed by atoms with Crippen molar-refractivity contribution in [2.24, 2.45) is 0 Å². The molecule has 12 heteroatoms. The van der Waals surface area contributed by atoms with Crippen molar-refractivity contribution >= 4 is 50.0 Å². The number of carbonyl (C=O) groups excluding carboxylic acids is 1. The molecule has 1 spiro atoms. The smallest absolute Gasteiger partial charge is 0.259 e. The first-order valence-electron chi connectivity index (χ1n) is 12.0. The van der Waals surface area contributed by atoms with E-state index in [2.05, 4.69) is 31.3 Å². The molecule has 6 rings (SSSR count). The van der Waals surface area contributed by atoms with Crippen molar-refractivity contribution in [2.45, 2.75) is 32.0 Å². The second-order valence-corrected chi connectivity index (χ2v) is 10.3. The van der Waals surface area contributed by atoms with E-state index in [9.17, 15) is 4.79 Å². The van der Waals surface area contributed by atoms with Crippen LogP contribution in [-0.4, -0.2) is 56.9 Å². The minimum atomic E-state index is -0.488. The zero-order valence-electron chi connectivity index (χ0n) is 20.7. The van der Waals surface area contributed by atoms with Crippen LogP contribution in [0.1, 0.15) is 41.0 Å². The Morgan fingerprint density at radius 2 is 1.95 bits per heavy atom. The van der Waals surface area contributed by atoms with Crippen LogP contribution in [0.3, 0.4) is 0 Å². The number of pyridine rings is 2. The van der Waals surface area contributed by atoms with Crippen LogP contribution in [0.25, 0.3) is 27.2 Å². The first-order valence-corrected chi connectivity index (χ1v) is 13.2. The predicted molar refractivity (Wildman–Crippen MR) is 143 cm³/mol. The van der Waals surface area contributed by atoms with Crippen molar-refractivity contribution in [1.82, 2.24) is 24.9 Å². The van der Waals surface area contributed by atoms with Crippen molar-refractivity contribution in [3.63, 3.8) is 0 Å². The molecule has 1 amide bonds. The molecule has 1 fully saturated rings. The molecule has 1 N–H and O–H groups in total. The van der Waals surface area contributed by atoms with Crippen molar-refractivity contribution in [2.75, 3.05) is 25.6 Å². The van der Waals surface area contributed by atoms with E-state index < -0.39 is 5.79 Å². The van der Waals surface area contributed by atoms with Gasteiger partial charge in [0.15, 0.2) is 21.4 Å². The zero-order chi connectivity index (χ0) is 26.3. The quantitative estimate of drug-likeness (QED) is 0.339. The molecular formula is C26H23ClN6O4S. The summed E-state index contributed by atoms with van der Waals surface area (Å²) in [6.45, 7) is 3.11. The molecule has 4 aromatic rings. The van der Waals surface area contributed by atoms with Crippen LogP contribution < -0.4 is 10.1 Å². The van der Waals surface area contributed by atoms with E-state index in [1.165, 1.54) is 30.8 Å². The molecule has 0 radical (unpaired) electrons. The normalized spacial score (nSPS) is 16.6. The van der Waals surface area contributed by atoms with E-state index in [4.69, 9.17) is 30.8 Å².